The fraction of sp³-hybridized carbons (Fsp3) is 0.229. The van der Waals surface area contributed by atoms with Crippen molar-refractivity contribution in [2.45, 2.75) is 102 Å². The molecule has 0 radical (unpaired) electrons. The molecule has 0 amide bonds. The molecular weight excluding hydrogens is 1730 g/mol. The maximum atomic E-state index is 13.1. The van der Waals surface area contributed by atoms with E-state index in [1.54, 1.807) is 12.1 Å². The third kappa shape index (κ3) is 21.7. The Kier molecular flexibility index (Phi) is 27.8. The van der Waals surface area contributed by atoms with Crippen LogP contribution < -0.4 is 21.2 Å². The summed E-state index contributed by atoms with van der Waals surface area (Å²) in [7, 11) is -13.5. The van der Waals surface area contributed by atoms with Crippen LogP contribution in [0.2, 0.25) is 0 Å². The fourth-order valence-electron chi connectivity index (χ4n) is 9.92. The van der Waals surface area contributed by atoms with Crippen LogP contribution in [-0.4, -0.2) is 72.9 Å². The number of halogens is 35. The summed E-state index contributed by atoms with van der Waals surface area (Å²) in [6.07, 6.45) is -33.8. The molecule has 0 N–H and O–H groups in total. The number of alkyl halides is 35. The molecule has 0 aromatic heterocycles. The molecule has 0 aliphatic heterocycles. The first-order valence-electron chi connectivity index (χ1n) is 30.6. The topological polar surface area (TPSA) is 114 Å². The largest absolute Gasteiger partial charge is 0.744 e. The van der Waals surface area contributed by atoms with Gasteiger partial charge in [-0.2, -0.15) is 154 Å². The van der Waals surface area contributed by atoms with E-state index in [-0.39, 0.29) is 4.90 Å². The molecule has 115 heavy (non-hydrogen) atoms. The molecule has 0 bridgehead atoms. The van der Waals surface area contributed by atoms with E-state index in [1.807, 2.05) is 43.3 Å². The second-order valence-electron chi connectivity index (χ2n) is 23.9. The van der Waals surface area contributed by atoms with Gasteiger partial charge < -0.3 is 9.11 Å². The lowest BCUT2D eigenvalue weighted by atomic mass is 9.87. The monoisotopic (exact) mass is 1770 g/mol. The Morgan fingerprint density at radius 2 is 0.557 bits per heavy atom. The number of rotatable bonds is 14. The van der Waals surface area contributed by atoms with Crippen LogP contribution in [0.15, 0.2) is 211 Å². The number of hydrogen-bond donors (Lipinski definition) is 0. The zero-order valence-electron chi connectivity index (χ0n) is 56.0. The molecule has 626 valence electrons. The molecule has 9 aromatic carbocycles. The van der Waals surface area contributed by atoms with Gasteiger partial charge >= 0.3 is 84.0 Å². The number of fused-ring (bicyclic) bond motifs is 3. The maximum Gasteiger partial charge on any atom is 0.460 e. The van der Waals surface area contributed by atoms with Crippen molar-refractivity contribution < 1.29 is 180 Å². The average Bonchev–Trinajstić information content (AvgIpc) is 0.877. The molecule has 10 rings (SSSR count). The first kappa shape index (κ1) is 95.1. The minimum Gasteiger partial charge on any atom is -0.744 e. The second-order valence-corrected chi connectivity index (χ2v) is 30.0. The van der Waals surface area contributed by atoms with Gasteiger partial charge in [-0.05, 0) is 191 Å². The van der Waals surface area contributed by atoms with Gasteiger partial charge in [-0.3, -0.25) is 0 Å². The standard InChI is InChI=1S/C27H16F6.2C14H9F6P.C8HF17O3S.C7H8O3S/c28-26(29,30)19-9-5-16(6-10-19)22-13-14-23-21-4-2-1-3-18(21)15-24(23)25(22)17-7-11-20(12-8-17)27(31,32)33;2*15-13(16,17)9-1-5-11(6-2-9)21-12-7-3-10(4-8-12)14(18,19)20;9-1(10,3(13,14)5(17,18)7(21,22)23)2(11,12)4(15,16)6(19,20)8(24,25)29(26,27)28;1-6-2-4-7(5-3-6)11(8,9)10/h1-14H,15H2;2*1-8,21H;(H,26,27,28);2-5H,1H3,(H,8,9,10). The third-order valence-electron chi connectivity index (χ3n) is 15.9. The molecule has 9 aromatic rings. The zero-order chi connectivity index (χ0) is 87.7. The van der Waals surface area contributed by atoms with Crippen LogP contribution in [0.4, 0.5) is 154 Å². The van der Waals surface area contributed by atoms with Crippen LogP contribution in [0, 0.1) is 6.92 Å². The first-order valence-corrected chi connectivity index (χ1v) is 35.7. The van der Waals surface area contributed by atoms with E-state index >= 15 is 0 Å². The van der Waals surface area contributed by atoms with E-state index < -0.39 is 155 Å². The second kappa shape index (κ2) is 33.7. The van der Waals surface area contributed by atoms with Crippen LogP contribution >= 0.6 is 17.2 Å². The van der Waals surface area contributed by atoms with Crippen LogP contribution in [0.25, 0.3) is 33.4 Å². The normalized spacial score (nSPS) is 13.7. The summed E-state index contributed by atoms with van der Waals surface area (Å²) in [5.41, 5.74) is 3.12. The molecule has 1 aliphatic rings. The van der Waals surface area contributed by atoms with E-state index in [2.05, 4.69) is 0 Å². The summed E-state index contributed by atoms with van der Waals surface area (Å²) in [5.74, 6) is -52.1. The van der Waals surface area contributed by atoms with Gasteiger partial charge in [0, 0.05) is 0 Å². The Bertz CT molecular complexity index is 4820. The fourth-order valence-corrected chi connectivity index (χ4v) is 13.1. The highest BCUT2D eigenvalue weighted by atomic mass is 32.2. The zero-order valence-corrected chi connectivity index (χ0v) is 59.9. The van der Waals surface area contributed by atoms with Crippen LogP contribution in [0.1, 0.15) is 50.1 Å². The molecule has 0 spiro atoms. The molecular formula is C70H43F35O6P2S2. The van der Waals surface area contributed by atoms with Gasteiger partial charge in [0.05, 0.1) is 76.7 Å². The smallest absolute Gasteiger partial charge is 0.460 e. The number of benzene rings is 9. The summed E-state index contributed by atoms with van der Waals surface area (Å²) in [6, 6.07) is 45.9. The predicted molar refractivity (Wildman–Crippen MR) is 349 cm³/mol. The molecule has 45 heteroatoms. The highest BCUT2D eigenvalue weighted by molar-refractivity contribution is 7.87. The minimum absolute atomic E-state index is 0.178. The Labute approximate surface area is 628 Å². The maximum absolute atomic E-state index is 13.1. The quantitative estimate of drug-likeness (QED) is 0.0609. The van der Waals surface area contributed by atoms with E-state index in [0.717, 1.165) is 106 Å². The van der Waals surface area contributed by atoms with Crippen molar-refractivity contribution in [1.82, 2.24) is 0 Å². The van der Waals surface area contributed by atoms with Gasteiger partial charge in [0.1, 0.15) is 10.1 Å². The van der Waals surface area contributed by atoms with Crippen molar-refractivity contribution >= 4 is 58.6 Å². The average molecular weight is 1770 g/mol. The van der Waals surface area contributed by atoms with E-state index in [4.69, 9.17) is 0 Å². The van der Waals surface area contributed by atoms with Crippen molar-refractivity contribution in [3.05, 3.63) is 256 Å². The van der Waals surface area contributed by atoms with Gasteiger partial charge in [0.15, 0.2) is 10.1 Å². The third-order valence-corrected chi connectivity index (χ3v) is 20.6. The Hall–Kier alpha value is -8.79. The first-order chi connectivity index (χ1) is 51.9. The van der Waals surface area contributed by atoms with Gasteiger partial charge in [-0.1, -0.05) is 78.4 Å². The van der Waals surface area contributed by atoms with Gasteiger partial charge in [0.25, 0.3) is 0 Å². The highest BCUT2D eigenvalue weighted by Gasteiger charge is 2.96. The summed E-state index contributed by atoms with van der Waals surface area (Å²) < 4.78 is 502. The van der Waals surface area contributed by atoms with Crippen molar-refractivity contribution in [2.75, 3.05) is 0 Å². The molecule has 0 saturated carbocycles. The molecule has 0 fully saturated rings. The van der Waals surface area contributed by atoms with Crippen molar-refractivity contribution in [1.29, 1.82) is 0 Å². The van der Waals surface area contributed by atoms with Crippen LogP contribution in [-0.2, 0) is 63.7 Å². The van der Waals surface area contributed by atoms with Gasteiger partial charge in [0.2, 0.25) is 0 Å². The lowest BCUT2D eigenvalue weighted by Gasteiger charge is -2.42. The molecule has 1 aliphatic carbocycles. The summed E-state index contributed by atoms with van der Waals surface area (Å²) >= 11 is 0. The number of hydrogen-bond acceptors (Lipinski definition) is 6. The Balaban J connectivity index is 0.000000232. The van der Waals surface area contributed by atoms with Crippen molar-refractivity contribution in [2.24, 2.45) is 0 Å². The predicted octanol–water partition coefficient (Wildman–Crippen LogP) is 22.2. The molecule has 6 nitrogen and oxygen atoms in total. The van der Waals surface area contributed by atoms with Crippen LogP contribution in [0.5, 0.6) is 0 Å². The summed E-state index contributed by atoms with van der Waals surface area (Å²) in [6.45, 7) is 1.82. The molecule has 0 unspecified atom stereocenters. The number of aryl methyl sites for hydroxylation is 1. The van der Waals surface area contributed by atoms with Crippen molar-refractivity contribution in [3.8, 4) is 33.4 Å². The lowest BCUT2D eigenvalue weighted by Crippen LogP contribution is -2.75. The lowest BCUT2D eigenvalue weighted by molar-refractivity contribution is -0.458. The SMILES string of the molecule is Cc1ccc(S(=O)(=O)[O-])cc1.FC(F)(F)c1ccc(-c2ccc3c(c2-c2ccc(C(F)(F)F)cc2)Cc2ccccc2-3)cc1.FC(F)(F)c1ccc([PH2+]c2ccc(C(F)(F)F)cc2)cc1.FC(F)(F)c1ccc([PH2+]c2ccc(C(F)(F)F)cc2)cc1.O=S(=O)([O-])C(F)(F)C(F)(F)C(F)(F)C(F)(F)C(F)(F)C(F)(F)C(F)(F)C(F)(F)F. The van der Waals surface area contributed by atoms with Crippen LogP contribution in [0.3, 0.4) is 0 Å². The molecule has 0 saturated heterocycles. The Morgan fingerprint density at radius 1 is 0.287 bits per heavy atom. The Morgan fingerprint density at radius 3 is 0.843 bits per heavy atom. The van der Waals surface area contributed by atoms with Gasteiger partial charge in [-0.15, -0.1) is 0 Å². The highest BCUT2D eigenvalue weighted by Crippen LogP contribution is 2.64. The van der Waals surface area contributed by atoms with E-state index in [0.29, 0.717) is 44.3 Å². The van der Waals surface area contributed by atoms with E-state index in [9.17, 15) is 180 Å². The van der Waals surface area contributed by atoms with Crippen molar-refractivity contribution in [3.63, 3.8) is 0 Å². The molecule has 0 atom stereocenters. The van der Waals surface area contributed by atoms with Gasteiger partial charge in [-0.25, -0.2) is 16.8 Å². The summed E-state index contributed by atoms with van der Waals surface area (Å²) in [5, 5.41) is -5.22. The minimum atomic E-state index is -8.92. The van der Waals surface area contributed by atoms with E-state index in [1.165, 1.54) is 84.9 Å². The summed E-state index contributed by atoms with van der Waals surface area (Å²) in [4.78, 5) is -0.178. The molecule has 0 heterocycles.